The quantitative estimate of drug-likeness (QED) is 0.737. The predicted octanol–water partition coefficient (Wildman–Crippen LogP) is 2.58. The molecule has 0 unspecified atom stereocenters. The van der Waals surface area contributed by atoms with Gasteiger partial charge in [0, 0.05) is 28.8 Å². The third-order valence-electron chi connectivity index (χ3n) is 3.40. The Balaban J connectivity index is 1.95. The van der Waals surface area contributed by atoms with Gasteiger partial charge in [-0.1, -0.05) is 17.7 Å². The fraction of sp³-hybridized carbons (Fsp3) is 0.467. The average Bonchev–Trinajstić information content (AvgIpc) is 3.27. The summed E-state index contributed by atoms with van der Waals surface area (Å²) in [6.45, 7) is 0.190. The number of carbonyl (C=O) groups is 2. The fourth-order valence-corrected chi connectivity index (χ4v) is 3.02. The lowest BCUT2D eigenvalue weighted by molar-refractivity contribution is -0.132. The minimum Gasteiger partial charge on any atom is -0.369 e. The van der Waals surface area contributed by atoms with E-state index < -0.39 is 11.7 Å². The van der Waals surface area contributed by atoms with Crippen molar-refractivity contribution < 1.29 is 14.0 Å². The van der Waals surface area contributed by atoms with Crippen LogP contribution in [0, 0.1) is 5.82 Å². The van der Waals surface area contributed by atoms with Crippen molar-refractivity contribution in [3.8, 4) is 0 Å². The highest BCUT2D eigenvalue weighted by Crippen LogP contribution is 2.31. The average molecular weight is 345 g/mol. The molecule has 1 fully saturated rings. The molecule has 2 amide bonds. The number of rotatable bonds is 8. The monoisotopic (exact) mass is 344 g/mol. The molecular formula is C15H18ClFN2O2S. The van der Waals surface area contributed by atoms with Crippen molar-refractivity contribution in [1.82, 2.24) is 4.90 Å². The predicted molar refractivity (Wildman–Crippen MR) is 86.1 cm³/mol. The molecule has 0 bridgehead atoms. The normalized spacial score (nSPS) is 13.9. The summed E-state index contributed by atoms with van der Waals surface area (Å²) >= 11 is 7.36. The molecule has 1 aromatic rings. The van der Waals surface area contributed by atoms with Crippen molar-refractivity contribution in [2.45, 2.75) is 31.8 Å². The maximum Gasteiger partial charge on any atom is 0.227 e. The lowest BCUT2D eigenvalue weighted by atomic mass is 10.2. The number of hydrogen-bond donors (Lipinski definition) is 1. The third-order valence-corrected chi connectivity index (χ3v) is 4.74. The molecule has 0 aliphatic heterocycles. The van der Waals surface area contributed by atoms with Gasteiger partial charge in [-0.2, -0.15) is 11.8 Å². The Bertz CT molecular complexity index is 546. The Kier molecular flexibility index (Phi) is 6.08. The second kappa shape index (κ2) is 7.83. The van der Waals surface area contributed by atoms with Crippen molar-refractivity contribution in [3.05, 3.63) is 34.6 Å². The molecule has 1 saturated carbocycles. The van der Waals surface area contributed by atoms with Crippen molar-refractivity contribution >= 4 is 35.2 Å². The highest BCUT2D eigenvalue weighted by atomic mass is 35.5. The second-order valence-electron chi connectivity index (χ2n) is 5.22. The number of halogens is 2. The molecule has 22 heavy (non-hydrogen) atoms. The van der Waals surface area contributed by atoms with E-state index in [1.165, 1.54) is 17.8 Å². The summed E-state index contributed by atoms with van der Waals surface area (Å²) in [7, 11) is 0. The number of amides is 2. The number of hydrogen-bond acceptors (Lipinski definition) is 3. The van der Waals surface area contributed by atoms with E-state index in [1.807, 2.05) is 0 Å². The van der Waals surface area contributed by atoms with E-state index in [0.29, 0.717) is 22.8 Å². The van der Waals surface area contributed by atoms with E-state index in [2.05, 4.69) is 0 Å². The van der Waals surface area contributed by atoms with Crippen LogP contribution in [0.5, 0.6) is 0 Å². The fourth-order valence-electron chi connectivity index (χ4n) is 2.14. The summed E-state index contributed by atoms with van der Waals surface area (Å²) in [5, 5.41) is 0.335. The lowest BCUT2D eigenvalue weighted by Gasteiger charge is -2.23. The molecule has 1 aliphatic carbocycles. The Morgan fingerprint density at radius 1 is 1.41 bits per heavy atom. The van der Waals surface area contributed by atoms with E-state index in [0.717, 1.165) is 12.8 Å². The van der Waals surface area contributed by atoms with Gasteiger partial charge in [-0.15, -0.1) is 0 Å². The number of nitrogens with zero attached hydrogens (tertiary/aromatic N) is 1. The Labute approximate surface area is 138 Å². The van der Waals surface area contributed by atoms with Crippen LogP contribution in [-0.4, -0.2) is 34.3 Å². The van der Waals surface area contributed by atoms with Gasteiger partial charge in [0.1, 0.15) is 5.82 Å². The maximum absolute atomic E-state index is 13.9. The van der Waals surface area contributed by atoms with E-state index in [9.17, 15) is 14.0 Å². The zero-order valence-electron chi connectivity index (χ0n) is 12.1. The van der Waals surface area contributed by atoms with Crippen molar-refractivity contribution in [2.75, 3.05) is 11.5 Å². The smallest absolute Gasteiger partial charge is 0.227 e. The van der Waals surface area contributed by atoms with E-state index >= 15 is 0 Å². The molecule has 120 valence electrons. The molecule has 0 saturated heterocycles. The van der Waals surface area contributed by atoms with Crippen LogP contribution in [0.3, 0.4) is 0 Å². The molecule has 0 spiro atoms. The van der Waals surface area contributed by atoms with Gasteiger partial charge in [0.2, 0.25) is 11.8 Å². The molecule has 0 atom stereocenters. The van der Waals surface area contributed by atoms with Gasteiger partial charge >= 0.3 is 0 Å². The topological polar surface area (TPSA) is 63.4 Å². The van der Waals surface area contributed by atoms with Crippen molar-refractivity contribution in [1.29, 1.82) is 0 Å². The summed E-state index contributed by atoms with van der Waals surface area (Å²) in [5.74, 6) is -0.103. The van der Waals surface area contributed by atoms with Gasteiger partial charge in [-0.25, -0.2) is 4.39 Å². The Morgan fingerprint density at radius 2 is 2.14 bits per heavy atom. The SMILES string of the molecule is NC(=O)CSCCC(=O)N(Cc1c(F)cccc1Cl)C1CC1. The molecule has 2 N–H and O–H groups in total. The van der Waals surface area contributed by atoms with Gasteiger partial charge < -0.3 is 10.6 Å². The molecule has 1 aliphatic rings. The van der Waals surface area contributed by atoms with Crippen molar-refractivity contribution in [3.63, 3.8) is 0 Å². The van der Waals surface area contributed by atoms with Crippen LogP contribution < -0.4 is 5.73 Å². The summed E-state index contributed by atoms with van der Waals surface area (Å²) < 4.78 is 13.9. The van der Waals surface area contributed by atoms with Gasteiger partial charge in [-0.3, -0.25) is 9.59 Å². The molecule has 4 nitrogen and oxygen atoms in total. The first-order chi connectivity index (χ1) is 10.5. The number of benzene rings is 1. The van der Waals surface area contributed by atoms with E-state index in [4.69, 9.17) is 17.3 Å². The zero-order chi connectivity index (χ0) is 16.1. The summed E-state index contributed by atoms with van der Waals surface area (Å²) in [6, 6.07) is 4.69. The minimum absolute atomic E-state index is 0.0428. The maximum atomic E-state index is 13.9. The van der Waals surface area contributed by atoms with Crippen LogP contribution >= 0.6 is 23.4 Å². The Hall–Kier alpha value is -1.27. The highest BCUT2D eigenvalue weighted by Gasteiger charge is 2.33. The van der Waals surface area contributed by atoms with Gasteiger partial charge in [0.05, 0.1) is 12.3 Å². The van der Waals surface area contributed by atoms with Crippen LogP contribution in [-0.2, 0) is 16.1 Å². The minimum atomic E-state index is -0.394. The molecule has 0 radical (unpaired) electrons. The first kappa shape index (κ1) is 17.1. The molecule has 2 rings (SSSR count). The summed E-state index contributed by atoms with van der Waals surface area (Å²) in [6.07, 6.45) is 2.18. The summed E-state index contributed by atoms with van der Waals surface area (Å²) in [4.78, 5) is 24.7. The summed E-state index contributed by atoms with van der Waals surface area (Å²) in [5.41, 5.74) is 5.41. The Morgan fingerprint density at radius 3 is 2.73 bits per heavy atom. The van der Waals surface area contributed by atoms with Crippen LogP contribution in [0.4, 0.5) is 4.39 Å². The van der Waals surface area contributed by atoms with E-state index in [1.54, 1.807) is 17.0 Å². The van der Waals surface area contributed by atoms with Crippen LogP contribution in [0.2, 0.25) is 5.02 Å². The highest BCUT2D eigenvalue weighted by molar-refractivity contribution is 7.99. The van der Waals surface area contributed by atoms with Crippen molar-refractivity contribution in [2.24, 2.45) is 5.73 Å². The standard InChI is InChI=1S/C15H18ClFN2O2S/c16-12-2-1-3-13(17)11(12)8-19(10-4-5-10)15(21)6-7-22-9-14(18)20/h1-3,10H,4-9H2,(H2,18,20). The first-order valence-electron chi connectivity index (χ1n) is 7.07. The largest absolute Gasteiger partial charge is 0.369 e. The zero-order valence-corrected chi connectivity index (χ0v) is 13.6. The number of thioether (sulfide) groups is 1. The molecule has 7 heteroatoms. The lowest BCUT2D eigenvalue weighted by Crippen LogP contribution is -2.33. The van der Waals surface area contributed by atoms with Crippen LogP contribution in [0.25, 0.3) is 0 Å². The molecule has 0 aromatic heterocycles. The van der Waals surface area contributed by atoms with Crippen LogP contribution in [0.1, 0.15) is 24.8 Å². The van der Waals surface area contributed by atoms with Gasteiger partial charge in [-0.05, 0) is 25.0 Å². The van der Waals surface area contributed by atoms with E-state index in [-0.39, 0.29) is 24.2 Å². The molecule has 1 aromatic carbocycles. The molecule has 0 heterocycles. The number of primary amides is 1. The van der Waals surface area contributed by atoms with Gasteiger partial charge in [0.15, 0.2) is 0 Å². The number of nitrogens with two attached hydrogens (primary N) is 1. The number of carbonyl (C=O) groups excluding carboxylic acids is 2. The first-order valence-corrected chi connectivity index (χ1v) is 8.60. The second-order valence-corrected chi connectivity index (χ2v) is 6.73. The third kappa shape index (κ3) is 4.88. The van der Waals surface area contributed by atoms with Gasteiger partial charge in [0.25, 0.3) is 0 Å². The molecular weight excluding hydrogens is 327 g/mol. The van der Waals surface area contributed by atoms with Crippen LogP contribution in [0.15, 0.2) is 18.2 Å².